The summed E-state index contributed by atoms with van der Waals surface area (Å²) in [5.41, 5.74) is 3.63. The molecule has 2 atom stereocenters. The molecule has 0 radical (unpaired) electrons. The molecule has 1 fully saturated rings. The van der Waals surface area contributed by atoms with E-state index in [1.807, 2.05) is 6.07 Å². The van der Waals surface area contributed by atoms with Crippen LogP contribution in [0.4, 0.5) is 5.69 Å². The Morgan fingerprint density at radius 1 is 1.35 bits per heavy atom. The Bertz CT molecular complexity index is 389. The fourth-order valence-corrected chi connectivity index (χ4v) is 3.01. The van der Waals surface area contributed by atoms with Crippen LogP contribution in [0, 0.1) is 6.92 Å². The molecule has 1 aromatic carbocycles. The average Bonchev–Trinajstić information content (AvgIpc) is 2.70. The second-order valence-corrected chi connectivity index (χ2v) is 5.17. The molecule has 0 amide bonds. The summed E-state index contributed by atoms with van der Waals surface area (Å²) >= 11 is 0. The predicted octanol–water partition coefficient (Wildman–Crippen LogP) is 3.25. The highest BCUT2D eigenvalue weighted by Gasteiger charge is 2.30. The Morgan fingerprint density at radius 3 is 2.71 bits per heavy atom. The van der Waals surface area contributed by atoms with Gasteiger partial charge in [-0.15, -0.1) is 0 Å². The maximum Gasteiger partial charge on any atom is 0.0681 e. The van der Waals surface area contributed by atoms with Crippen LogP contribution in [0.25, 0.3) is 0 Å². The second-order valence-electron chi connectivity index (χ2n) is 5.17. The summed E-state index contributed by atoms with van der Waals surface area (Å²) in [7, 11) is 0. The molecule has 1 aromatic rings. The van der Waals surface area contributed by atoms with Crippen molar-refractivity contribution in [2.75, 3.05) is 4.90 Å². The highest BCUT2D eigenvalue weighted by Crippen LogP contribution is 2.34. The quantitative estimate of drug-likeness (QED) is 0.866. The van der Waals surface area contributed by atoms with E-state index >= 15 is 0 Å². The summed E-state index contributed by atoms with van der Waals surface area (Å²) in [6.07, 6.45) is 3.81. The fourth-order valence-electron chi connectivity index (χ4n) is 3.01. The molecule has 17 heavy (non-hydrogen) atoms. The summed E-state index contributed by atoms with van der Waals surface area (Å²) in [5.74, 6) is 0. The van der Waals surface area contributed by atoms with Crippen molar-refractivity contribution in [2.45, 2.75) is 58.7 Å². The molecule has 1 aliphatic rings. The molecule has 0 bridgehead atoms. The molecule has 0 saturated carbocycles. The molecule has 2 rings (SSSR count). The van der Waals surface area contributed by atoms with Gasteiger partial charge in [0.15, 0.2) is 0 Å². The van der Waals surface area contributed by atoms with Gasteiger partial charge in [0.05, 0.1) is 6.61 Å². The van der Waals surface area contributed by atoms with Gasteiger partial charge in [-0.05, 0) is 50.3 Å². The van der Waals surface area contributed by atoms with E-state index in [4.69, 9.17) is 5.11 Å². The van der Waals surface area contributed by atoms with Gasteiger partial charge in [0.1, 0.15) is 0 Å². The Balaban J connectivity index is 2.32. The Hall–Kier alpha value is -1.02. The first-order valence-electron chi connectivity index (χ1n) is 6.66. The van der Waals surface area contributed by atoms with E-state index in [0.717, 1.165) is 5.56 Å². The van der Waals surface area contributed by atoms with Crippen LogP contribution in [0.2, 0.25) is 0 Å². The summed E-state index contributed by atoms with van der Waals surface area (Å²) in [6, 6.07) is 7.64. The van der Waals surface area contributed by atoms with Crippen molar-refractivity contribution in [3.63, 3.8) is 0 Å². The van der Waals surface area contributed by atoms with E-state index in [0.29, 0.717) is 12.1 Å². The van der Waals surface area contributed by atoms with Crippen LogP contribution in [0.1, 0.15) is 44.2 Å². The highest BCUT2D eigenvalue weighted by atomic mass is 16.3. The number of hydrogen-bond donors (Lipinski definition) is 1. The molecule has 1 saturated heterocycles. The smallest absolute Gasteiger partial charge is 0.0681 e. The van der Waals surface area contributed by atoms with Crippen LogP contribution < -0.4 is 4.90 Å². The summed E-state index contributed by atoms with van der Waals surface area (Å²) in [5, 5.41) is 9.15. The zero-order chi connectivity index (χ0) is 12.4. The van der Waals surface area contributed by atoms with E-state index < -0.39 is 0 Å². The Morgan fingerprint density at radius 2 is 2.12 bits per heavy atom. The van der Waals surface area contributed by atoms with E-state index in [2.05, 4.69) is 37.8 Å². The lowest BCUT2D eigenvalue weighted by Crippen LogP contribution is -2.34. The standard InChI is InChI=1S/C15H23NO/c1-4-14-7-5-12(3)16(14)15-8-6-13(10-17)9-11(15)2/h6,8-9,12,14,17H,4-5,7,10H2,1-3H3. The van der Waals surface area contributed by atoms with Crippen molar-refractivity contribution in [3.8, 4) is 0 Å². The number of nitrogens with zero attached hydrogens (tertiary/aromatic N) is 1. The highest BCUT2D eigenvalue weighted by molar-refractivity contribution is 5.56. The Labute approximate surface area is 104 Å². The normalized spacial score (nSPS) is 24.4. The maximum atomic E-state index is 9.15. The van der Waals surface area contributed by atoms with Crippen molar-refractivity contribution in [1.29, 1.82) is 0 Å². The van der Waals surface area contributed by atoms with E-state index in [1.54, 1.807) is 0 Å². The summed E-state index contributed by atoms with van der Waals surface area (Å²) < 4.78 is 0. The minimum Gasteiger partial charge on any atom is -0.392 e. The molecule has 0 spiro atoms. The fraction of sp³-hybridized carbons (Fsp3) is 0.600. The van der Waals surface area contributed by atoms with E-state index in [1.165, 1.54) is 30.5 Å². The first-order valence-corrected chi connectivity index (χ1v) is 6.66. The number of rotatable bonds is 3. The molecule has 0 aliphatic carbocycles. The van der Waals surface area contributed by atoms with Gasteiger partial charge in [0, 0.05) is 17.8 Å². The van der Waals surface area contributed by atoms with Crippen molar-refractivity contribution in [2.24, 2.45) is 0 Å². The van der Waals surface area contributed by atoms with Crippen molar-refractivity contribution in [3.05, 3.63) is 29.3 Å². The molecule has 1 heterocycles. The van der Waals surface area contributed by atoms with Crippen molar-refractivity contribution < 1.29 is 5.11 Å². The molecule has 94 valence electrons. The van der Waals surface area contributed by atoms with Crippen molar-refractivity contribution >= 4 is 5.69 Å². The van der Waals surface area contributed by atoms with Gasteiger partial charge in [0.2, 0.25) is 0 Å². The molecule has 2 heteroatoms. The largest absolute Gasteiger partial charge is 0.392 e. The maximum absolute atomic E-state index is 9.15. The van der Waals surface area contributed by atoms with Gasteiger partial charge < -0.3 is 10.0 Å². The molecule has 2 unspecified atom stereocenters. The number of hydrogen-bond acceptors (Lipinski definition) is 2. The molecule has 0 aromatic heterocycles. The molecule has 1 N–H and O–H groups in total. The number of aliphatic hydroxyl groups excluding tert-OH is 1. The third-order valence-electron chi connectivity index (χ3n) is 3.98. The molecule has 1 aliphatic heterocycles. The van der Waals surface area contributed by atoms with E-state index in [-0.39, 0.29) is 6.61 Å². The first-order chi connectivity index (χ1) is 8.17. The van der Waals surface area contributed by atoms with Crippen molar-refractivity contribution in [1.82, 2.24) is 0 Å². The lowest BCUT2D eigenvalue weighted by molar-refractivity contribution is 0.282. The van der Waals surface area contributed by atoms with Gasteiger partial charge in [-0.3, -0.25) is 0 Å². The minimum absolute atomic E-state index is 0.133. The summed E-state index contributed by atoms with van der Waals surface area (Å²) in [6.45, 7) is 6.86. The average molecular weight is 233 g/mol. The third-order valence-corrected chi connectivity index (χ3v) is 3.98. The Kier molecular flexibility index (Phi) is 3.72. The molecular formula is C15H23NO. The zero-order valence-corrected chi connectivity index (χ0v) is 11.1. The number of aryl methyl sites for hydroxylation is 1. The van der Waals surface area contributed by atoms with Gasteiger partial charge in [0.25, 0.3) is 0 Å². The minimum atomic E-state index is 0.133. The lowest BCUT2D eigenvalue weighted by Gasteiger charge is -2.32. The van der Waals surface area contributed by atoms with Gasteiger partial charge >= 0.3 is 0 Å². The van der Waals surface area contributed by atoms with Gasteiger partial charge in [-0.2, -0.15) is 0 Å². The van der Waals surface area contributed by atoms with Crippen LogP contribution in [-0.4, -0.2) is 17.2 Å². The van der Waals surface area contributed by atoms with E-state index in [9.17, 15) is 0 Å². The van der Waals surface area contributed by atoms with Crippen LogP contribution in [0.3, 0.4) is 0 Å². The monoisotopic (exact) mass is 233 g/mol. The predicted molar refractivity (Wildman–Crippen MR) is 72.4 cm³/mol. The lowest BCUT2D eigenvalue weighted by atomic mass is 10.1. The van der Waals surface area contributed by atoms with Gasteiger partial charge in [-0.25, -0.2) is 0 Å². The van der Waals surface area contributed by atoms with Gasteiger partial charge in [-0.1, -0.05) is 19.1 Å². The molecular weight excluding hydrogens is 210 g/mol. The summed E-state index contributed by atoms with van der Waals surface area (Å²) in [4.78, 5) is 2.57. The number of benzene rings is 1. The van der Waals surface area contributed by atoms with Crippen LogP contribution >= 0.6 is 0 Å². The van der Waals surface area contributed by atoms with Crippen LogP contribution in [0.5, 0.6) is 0 Å². The first kappa shape index (κ1) is 12.4. The topological polar surface area (TPSA) is 23.5 Å². The zero-order valence-electron chi connectivity index (χ0n) is 11.1. The second kappa shape index (κ2) is 5.09. The number of anilines is 1. The number of aliphatic hydroxyl groups is 1. The van der Waals surface area contributed by atoms with Crippen LogP contribution in [0.15, 0.2) is 18.2 Å². The third kappa shape index (κ3) is 2.32. The SMILES string of the molecule is CCC1CCC(C)N1c1ccc(CO)cc1C. The van der Waals surface area contributed by atoms with Crippen LogP contribution in [-0.2, 0) is 6.61 Å². The molecule has 2 nitrogen and oxygen atoms in total.